The first-order valence-corrected chi connectivity index (χ1v) is 6.64. The van der Waals surface area contributed by atoms with E-state index in [0.717, 1.165) is 13.1 Å². The third-order valence-electron chi connectivity index (χ3n) is 2.73. The third kappa shape index (κ3) is 2.74. The first kappa shape index (κ1) is 11.4. The van der Waals surface area contributed by atoms with Gasteiger partial charge in [0.25, 0.3) is 0 Å². The lowest BCUT2D eigenvalue weighted by atomic mass is 10.2. The summed E-state index contributed by atoms with van der Waals surface area (Å²) in [7, 11) is 0. The van der Waals surface area contributed by atoms with Crippen LogP contribution in [0.5, 0.6) is 0 Å². The highest BCUT2D eigenvalue weighted by atomic mass is 32.1. The molecule has 0 aliphatic rings. The Labute approximate surface area is 101 Å². The summed E-state index contributed by atoms with van der Waals surface area (Å²) in [4.78, 5) is 0. The van der Waals surface area contributed by atoms with Gasteiger partial charge in [-0.25, -0.2) is 0 Å². The lowest BCUT2D eigenvalue weighted by Gasteiger charge is -2.09. The zero-order valence-corrected chi connectivity index (χ0v) is 10.6. The van der Waals surface area contributed by atoms with E-state index in [9.17, 15) is 0 Å². The molecule has 3 heteroatoms. The van der Waals surface area contributed by atoms with Gasteiger partial charge in [0.1, 0.15) is 0 Å². The lowest BCUT2D eigenvalue weighted by Crippen LogP contribution is -2.17. The molecule has 0 saturated heterocycles. The van der Waals surface area contributed by atoms with Gasteiger partial charge >= 0.3 is 0 Å². The molecule has 2 aromatic heterocycles. The molecule has 1 unspecified atom stereocenters. The molecule has 2 heterocycles. The van der Waals surface area contributed by atoms with Crippen molar-refractivity contribution in [1.29, 1.82) is 0 Å². The monoisotopic (exact) mass is 234 g/mol. The smallest absolute Gasteiger partial charge is 0.0478 e. The normalized spacial score (nSPS) is 12.9. The summed E-state index contributed by atoms with van der Waals surface area (Å²) < 4.78 is 2.24. The predicted molar refractivity (Wildman–Crippen MR) is 69.9 cm³/mol. The minimum Gasteiger partial charge on any atom is -0.350 e. The van der Waals surface area contributed by atoms with Gasteiger partial charge in [0.05, 0.1) is 0 Å². The average Bonchev–Trinajstić information content (AvgIpc) is 2.90. The molecule has 0 aromatic carbocycles. The Hall–Kier alpha value is -1.06. The number of aromatic nitrogens is 1. The molecule has 2 nitrogen and oxygen atoms in total. The quantitative estimate of drug-likeness (QED) is 0.840. The number of thiophene rings is 1. The van der Waals surface area contributed by atoms with Gasteiger partial charge < -0.3 is 9.88 Å². The SMILES string of the molecule is CCNC(C)c1ccn(Cc2ccsc2)c1. The summed E-state index contributed by atoms with van der Waals surface area (Å²) in [5, 5.41) is 7.75. The van der Waals surface area contributed by atoms with E-state index in [1.165, 1.54) is 11.1 Å². The maximum Gasteiger partial charge on any atom is 0.0478 e. The topological polar surface area (TPSA) is 17.0 Å². The maximum atomic E-state index is 3.42. The van der Waals surface area contributed by atoms with Crippen LogP contribution >= 0.6 is 11.3 Å². The lowest BCUT2D eigenvalue weighted by molar-refractivity contribution is 0.596. The van der Waals surface area contributed by atoms with Gasteiger partial charge in [-0.2, -0.15) is 11.3 Å². The van der Waals surface area contributed by atoms with Crippen molar-refractivity contribution in [1.82, 2.24) is 9.88 Å². The first-order chi connectivity index (χ1) is 7.79. The standard InChI is InChI=1S/C13H18N2S/c1-3-14-11(2)13-4-6-15(9-13)8-12-5-7-16-10-12/h4-7,9-11,14H,3,8H2,1-2H3. The first-order valence-electron chi connectivity index (χ1n) is 5.69. The van der Waals surface area contributed by atoms with E-state index < -0.39 is 0 Å². The van der Waals surface area contributed by atoms with Gasteiger partial charge in [-0.1, -0.05) is 6.92 Å². The van der Waals surface area contributed by atoms with Gasteiger partial charge in [-0.05, 0) is 47.5 Å². The summed E-state index contributed by atoms with van der Waals surface area (Å²) in [6.07, 6.45) is 4.38. The van der Waals surface area contributed by atoms with Gasteiger partial charge in [0.15, 0.2) is 0 Å². The van der Waals surface area contributed by atoms with Crippen LogP contribution in [0.25, 0.3) is 0 Å². The molecule has 0 fully saturated rings. The van der Waals surface area contributed by atoms with Gasteiger partial charge in [0, 0.05) is 25.0 Å². The van der Waals surface area contributed by atoms with E-state index in [1.807, 2.05) is 0 Å². The molecular weight excluding hydrogens is 216 g/mol. The highest BCUT2D eigenvalue weighted by Gasteiger charge is 2.05. The van der Waals surface area contributed by atoms with Crippen LogP contribution in [0, 0.1) is 0 Å². The van der Waals surface area contributed by atoms with E-state index in [-0.39, 0.29) is 0 Å². The second kappa shape index (κ2) is 5.32. The molecule has 1 N–H and O–H groups in total. The fourth-order valence-electron chi connectivity index (χ4n) is 1.83. The molecular formula is C13H18N2S. The van der Waals surface area contributed by atoms with Crippen LogP contribution < -0.4 is 5.32 Å². The predicted octanol–water partition coefficient (Wildman–Crippen LogP) is 3.27. The minimum absolute atomic E-state index is 0.439. The molecule has 0 bridgehead atoms. The van der Waals surface area contributed by atoms with E-state index in [2.05, 4.69) is 59.0 Å². The van der Waals surface area contributed by atoms with Crippen molar-refractivity contribution < 1.29 is 0 Å². The second-order valence-electron chi connectivity index (χ2n) is 4.03. The van der Waals surface area contributed by atoms with Gasteiger partial charge in [-0.15, -0.1) is 0 Å². The van der Waals surface area contributed by atoms with Crippen molar-refractivity contribution in [2.75, 3.05) is 6.54 Å². The number of rotatable bonds is 5. The zero-order valence-electron chi connectivity index (χ0n) is 9.81. The molecule has 0 spiro atoms. The van der Waals surface area contributed by atoms with E-state index in [1.54, 1.807) is 11.3 Å². The Morgan fingerprint density at radius 2 is 2.31 bits per heavy atom. The summed E-state index contributed by atoms with van der Waals surface area (Å²) in [5.74, 6) is 0. The molecule has 2 rings (SSSR count). The second-order valence-corrected chi connectivity index (χ2v) is 4.81. The molecule has 0 radical (unpaired) electrons. The van der Waals surface area contributed by atoms with E-state index in [4.69, 9.17) is 0 Å². The molecule has 1 atom stereocenters. The van der Waals surface area contributed by atoms with Gasteiger partial charge in [-0.3, -0.25) is 0 Å². The molecule has 2 aromatic rings. The van der Waals surface area contributed by atoms with Crippen LogP contribution in [0.2, 0.25) is 0 Å². The Morgan fingerprint density at radius 3 is 3.00 bits per heavy atom. The highest BCUT2D eigenvalue weighted by Crippen LogP contribution is 2.14. The Kier molecular flexibility index (Phi) is 3.80. The Balaban J connectivity index is 2.02. The number of hydrogen-bond acceptors (Lipinski definition) is 2. The van der Waals surface area contributed by atoms with Crippen molar-refractivity contribution in [2.24, 2.45) is 0 Å². The molecule has 0 saturated carbocycles. The number of nitrogens with one attached hydrogen (secondary N) is 1. The van der Waals surface area contributed by atoms with Gasteiger partial charge in [0.2, 0.25) is 0 Å². The maximum absolute atomic E-state index is 3.42. The third-order valence-corrected chi connectivity index (χ3v) is 3.46. The van der Waals surface area contributed by atoms with Crippen molar-refractivity contribution >= 4 is 11.3 Å². The largest absolute Gasteiger partial charge is 0.350 e. The van der Waals surface area contributed by atoms with Crippen LogP contribution in [0.4, 0.5) is 0 Å². The molecule has 0 aliphatic heterocycles. The van der Waals surface area contributed by atoms with Crippen LogP contribution in [0.15, 0.2) is 35.3 Å². The molecule has 86 valence electrons. The van der Waals surface area contributed by atoms with Crippen LogP contribution in [-0.4, -0.2) is 11.1 Å². The number of nitrogens with zero attached hydrogens (tertiary/aromatic N) is 1. The van der Waals surface area contributed by atoms with Crippen LogP contribution in [-0.2, 0) is 6.54 Å². The number of hydrogen-bond donors (Lipinski definition) is 1. The summed E-state index contributed by atoms with van der Waals surface area (Å²) >= 11 is 1.75. The van der Waals surface area contributed by atoms with E-state index >= 15 is 0 Å². The zero-order chi connectivity index (χ0) is 11.4. The molecule has 0 aliphatic carbocycles. The minimum atomic E-state index is 0.439. The highest BCUT2D eigenvalue weighted by molar-refractivity contribution is 7.07. The van der Waals surface area contributed by atoms with Crippen molar-refractivity contribution in [3.05, 3.63) is 46.4 Å². The summed E-state index contributed by atoms with van der Waals surface area (Å²) in [6.45, 7) is 6.33. The van der Waals surface area contributed by atoms with Crippen molar-refractivity contribution in [3.63, 3.8) is 0 Å². The van der Waals surface area contributed by atoms with E-state index in [0.29, 0.717) is 6.04 Å². The van der Waals surface area contributed by atoms with Crippen molar-refractivity contribution in [3.8, 4) is 0 Å². The van der Waals surface area contributed by atoms with Crippen LogP contribution in [0.1, 0.15) is 31.0 Å². The Morgan fingerprint density at radius 1 is 1.44 bits per heavy atom. The Bertz CT molecular complexity index is 417. The summed E-state index contributed by atoms with van der Waals surface area (Å²) in [6, 6.07) is 4.81. The molecule has 0 amide bonds. The van der Waals surface area contributed by atoms with Crippen LogP contribution in [0.3, 0.4) is 0 Å². The fraction of sp³-hybridized carbons (Fsp3) is 0.385. The fourth-order valence-corrected chi connectivity index (χ4v) is 2.49. The summed E-state index contributed by atoms with van der Waals surface area (Å²) in [5.41, 5.74) is 2.74. The average molecular weight is 234 g/mol. The van der Waals surface area contributed by atoms with Crippen molar-refractivity contribution in [2.45, 2.75) is 26.4 Å². The molecule has 16 heavy (non-hydrogen) atoms.